The predicted octanol–water partition coefficient (Wildman–Crippen LogP) is 6.94. The molecule has 4 aromatic rings. The number of para-hydroxylation sites is 4. The first kappa shape index (κ1) is 25.8. The molecule has 0 N–H and O–H groups in total. The molecule has 0 spiro atoms. The molecule has 198 valence electrons. The number of aryl methyl sites for hydroxylation is 1. The molecular formula is C32H37N3O3. The van der Waals surface area contributed by atoms with Crippen LogP contribution in [0.1, 0.15) is 62.8 Å². The van der Waals surface area contributed by atoms with Crippen molar-refractivity contribution in [2.24, 2.45) is 0 Å². The molecule has 6 nitrogen and oxygen atoms in total. The fourth-order valence-electron chi connectivity index (χ4n) is 5.30. The fourth-order valence-corrected chi connectivity index (χ4v) is 5.30. The number of hydrogen-bond donors (Lipinski definition) is 0. The summed E-state index contributed by atoms with van der Waals surface area (Å²) in [5.74, 6) is 3.32. The van der Waals surface area contributed by atoms with Crippen LogP contribution in [0.3, 0.4) is 0 Å². The molecule has 1 aliphatic heterocycles. The Hall–Kier alpha value is -3.80. The molecule has 2 unspecified atom stereocenters. The topological polar surface area (TPSA) is 56.6 Å². The number of unbranched alkanes of at least 4 members (excludes halogenated alkanes) is 1. The Labute approximate surface area is 225 Å². The number of nitrogens with zero attached hydrogens (tertiary/aromatic N) is 3. The molecule has 5 rings (SSSR count). The number of ether oxygens (including phenoxy) is 2. The van der Waals surface area contributed by atoms with E-state index < -0.39 is 0 Å². The van der Waals surface area contributed by atoms with E-state index in [1.54, 1.807) is 7.11 Å². The van der Waals surface area contributed by atoms with Crippen molar-refractivity contribution in [3.63, 3.8) is 0 Å². The van der Waals surface area contributed by atoms with E-state index in [4.69, 9.17) is 14.5 Å². The average molecular weight is 512 g/mol. The first-order chi connectivity index (χ1) is 18.6. The highest BCUT2D eigenvalue weighted by molar-refractivity contribution is 5.97. The third kappa shape index (κ3) is 5.40. The van der Waals surface area contributed by atoms with Gasteiger partial charge in [-0.15, -0.1) is 0 Å². The number of imidazole rings is 1. The van der Waals surface area contributed by atoms with Gasteiger partial charge in [-0.25, -0.2) is 4.98 Å². The number of hydrogen-bond acceptors (Lipinski definition) is 4. The molecule has 0 bridgehead atoms. The summed E-state index contributed by atoms with van der Waals surface area (Å²) in [6.45, 7) is 6.57. The lowest BCUT2D eigenvalue weighted by Gasteiger charge is -2.19. The highest BCUT2D eigenvalue weighted by atomic mass is 16.5. The van der Waals surface area contributed by atoms with Gasteiger partial charge in [-0.05, 0) is 67.1 Å². The number of aromatic nitrogens is 2. The molecule has 1 amide bonds. The molecule has 1 fully saturated rings. The molecule has 3 aromatic carbocycles. The Bertz CT molecular complexity index is 1380. The SMILES string of the molecule is CCC(C)c1ccc(OCCCCn2c(C3CC(=O)N(c4ccccc4OC)C3)nc3ccccc32)cc1. The van der Waals surface area contributed by atoms with Crippen molar-refractivity contribution >= 4 is 22.6 Å². The summed E-state index contributed by atoms with van der Waals surface area (Å²) in [4.78, 5) is 19.9. The second kappa shape index (κ2) is 11.7. The standard InChI is InChI=1S/C32H37N3O3/c1-4-23(2)24-15-17-26(18-16-24)38-20-10-9-19-34-28-12-6-5-11-27(28)33-32(34)25-21-31(36)35(22-25)29-13-7-8-14-30(29)37-3/h5-8,11-18,23,25H,4,9-10,19-22H2,1-3H3. The molecule has 0 aliphatic carbocycles. The monoisotopic (exact) mass is 511 g/mol. The maximum Gasteiger partial charge on any atom is 0.227 e. The van der Waals surface area contributed by atoms with Gasteiger partial charge in [-0.1, -0.05) is 50.2 Å². The zero-order valence-electron chi connectivity index (χ0n) is 22.6. The van der Waals surface area contributed by atoms with Gasteiger partial charge in [0.15, 0.2) is 0 Å². The Morgan fingerprint density at radius 2 is 1.76 bits per heavy atom. The highest BCUT2D eigenvalue weighted by Crippen LogP contribution is 2.37. The van der Waals surface area contributed by atoms with E-state index in [-0.39, 0.29) is 11.8 Å². The van der Waals surface area contributed by atoms with Crippen LogP contribution in [-0.4, -0.2) is 35.7 Å². The van der Waals surface area contributed by atoms with Crippen LogP contribution in [0.15, 0.2) is 72.8 Å². The Morgan fingerprint density at radius 1 is 1.00 bits per heavy atom. The van der Waals surface area contributed by atoms with Crippen LogP contribution in [-0.2, 0) is 11.3 Å². The highest BCUT2D eigenvalue weighted by Gasteiger charge is 2.35. The summed E-state index contributed by atoms with van der Waals surface area (Å²) in [6, 6.07) is 24.4. The van der Waals surface area contributed by atoms with Gasteiger partial charge in [-0.3, -0.25) is 4.79 Å². The van der Waals surface area contributed by atoms with Crippen molar-refractivity contribution in [3.05, 3.63) is 84.2 Å². The summed E-state index contributed by atoms with van der Waals surface area (Å²) >= 11 is 0. The van der Waals surface area contributed by atoms with Crippen molar-refractivity contribution in [1.29, 1.82) is 0 Å². The fraction of sp³-hybridized carbons (Fsp3) is 0.375. The van der Waals surface area contributed by atoms with E-state index in [2.05, 4.69) is 60.9 Å². The summed E-state index contributed by atoms with van der Waals surface area (Å²) in [6.07, 6.45) is 3.49. The molecule has 0 saturated carbocycles. The third-order valence-electron chi connectivity index (χ3n) is 7.66. The number of anilines is 1. The minimum absolute atomic E-state index is 0.0279. The summed E-state index contributed by atoms with van der Waals surface area (Å²) < 4.78 is 13.8. The molecule has 1 saturated heterocycles. The van der Waals surface area contributed by atoms with E-state index in [1.165, 1.54) is 5.56 Å². The van der Waals surface area contributed by atoms with Crippen LogP contribution >= 0.6 is 0 Å². The van der Waals surface area contributed by atoms with Gasteiger partial charge in [0.25, 0.3) is 0 Å². The third-order valence-corrected chi connectivity index (χ3v) is 7.66. The minimum Gasteiger partial charge on any atom is -0.495 e. The number of benzene rings is 3. The zero-order chi connectivity index (χ0) is 26.5. The maximum absolute atomic E-state index is 13.1. The Morgan fingerprint density at radius 3 is 2.55 bits per heavy atom. The second-order valence-corrected chi connectivity index (χ2v) is 10.1. The van der Waals surface area contributed by atoms with E-state index in [9.17, 15) is 4.79 Å². The number of carbonyl (C=O) groups is 1. The van der Waals surface area contributed by atoms with Crippen molar-refractivity contribution in [3.8, 4) is 11.5 Å². The van der Waals surface area contributed by atoms with Crippen LogP contribution in [0.5, 0.6) is 11.5 Å². The molecule has 2 heterocycles. The van der Waals surface area contributed by atoms with Crippen LogP contribution < -0.4 is 14.4 Å². The summed E-state index contributed by atoms with van der Waals surface area (Å²) in [5, 5.41) is 0. The van der Waals surface area contributed by atoms with Crippen LogP contribution in [0.2, 0.25) is 0 Å². The van der Waals surface area contributed by atoms with Crippen molar-refractivity contribution < 1.29 is 14.3 Å². The van der Waals surface area contributed by atoms with Crippen LogP contribution in [0.4, 0.5) is 5.69 Å². The first-order valence-electron chi connectivity index (χ1n) is 13.7. The van der Waals surface area contributed by atoms with Gasteiger partial charge in [0.2, 0.25) is 5.91 Å². The quantitative estimate of drug-likeness (QED) is 0.205. The number of fused-ring (bicyclic) bond motifs is 1. The predicted molar refractivity (Wildman–Crippen MR) is 152 cm³/mol. The van der Waals surface area contributed by atoms with Gasteiger partial charge in [0, 0.05) is 25.4 Å². The average Bonchev–Trinajstić information content (AvgIpc) is 3.53. The molecule has 6 heteroatoms. The molecule has 2 atom stereocenters. The van der Waals surface area contributed by atoms with E-state index in [0.29, 0.717) is 31.2 Å². The van der Waals surface area contributed by atoms with Gasteiger partial charge in [0.05, 0.1) is 30.4 Å². The summed E-state index contributed by atoms with van der Waals surface area (Å²) in [7, 11) is 1.64. The van der Waals surface area contributed by atoms with Gasteiger partial charge in [-0.2, -0.15) is 0 Å². The number of carbonyl (C=O) groups excluding carboxylic acids is 1. The molecule has 1 aliphatic rings. The smallest absolute Gasteiger partial charge is 0.227 e. The number of methoxy groups -OCH3 is 1. The Balaban J connectivity index is 1.25. The lowest BCUT2D eigenvalue weighted by Crippen LogP contribution is -2.25. The lowest BCUT2D eigenvalue weighted by atomic mass is 9.99. The maximum atomic E-state index is 13.1. The lowest BCUT2D eigenvalue weighted by molar-refractivity contribution is -0.117. The molecular weight excluding hydrogens is 474 g/mol. The van der Waals surface area contributed by atoms with Gasteiger partial charge in [0.1, 0.15) is 17.3 Å². The van der Waals surface area contributed by atoms with Crippen molar-refractivity contribution in [1.82, 2.24) is 9.55 Å². The molecule has 1 aromatic heterocycles. The number of amides is 1. The number of rotatable bonds is 11. The largest absolute Gasteiger partial charge is 0.495 e. The zero-order valence-corrected chi connectivity index (χ0v) is 22.6. The van der Waals surface area contributed by atoms with Crippen LogP contribution in [0, 0.1) is 0 Å². The van der Waals surface area contributed by atoms with Gasteiger partial charge >= 0.3 is 0 Å². The first-order valence-corrected chi connectivity index (χ1v) is 13.7. The molecule has 38 heavy (non-hydrogen) atoms. The second-order valence-electron chi connectivity index (χ2n) is 10.1. The summed E-state index contributed by atoms with van der Waals surface area (Å²) in [5.41, 5.74) is 4.27. The van der Waals surface area contributed by atoms with E-state index in [0.717, 1.165) is 54.1 Å². The van der Waals surface area contributed by atoms with E-state index in [1.807, 2.05) is 35.2 Å². The minimum atomic E-state index is 0.0279. The Kier molecular flexibility index (Phi) is 7.97. The van der Waals surface area contributed by atoms with Gasteiger partial charge < -0.3 is 18.9 Å². The van der Waals surface area contributed by atoms with Crippen molar-refractivity contribution in [2.45, 2.75) is 57.9 Å². The van der Waals surface area contributed by atoms with Crippen LogP contribution in [0.25, 0.3) is 11.0 Å². The molecule has 0 radical (unpaired) electrons. The van der Waals surface area contributed by atoms with E-state index >= 15 is 0 Å². The normalized spacial score (nSPS) is 16.2. The van der Waals surface area contributed by atoms with Crippen molar-refractivity contribution in [2.75, 3.05) is 25.2 Å².